The summed E-state index contributed by atoms with van der Waals surface area (Å²) in [5.41, 5.74) is 2.21. The number of carbonyl (C=O) groups excluding carboxylic acids is 1. The van der Waals surface area contributed by atoms with Crippen LogP contribution in [-0.4, -0.2) is 41.5 Å². The van der Waals surface area contributed by atoms with Gasteiger partial charge in [0.1, 0.15) is 17.8 Å². The van der Waals surface area contributed by atoms with Gasteiger partial charge in [0.2, 0.25) is 0 Å². The minimum Gasteiger partial charge on any atom is -0.508 e. The van der Waals surface area contributed by atoms with Crippen molar-refractivity contribution < 1.29 is 25.1 Å². The maximum absolute atomic E-state index is 12.6. The molecule has 2 aliphatic carbocycles. The number of phenols is 1. The number of hydrogen-bond donors (Lipinski definition) is 3. The van der Waals surface area contributed by atoms with E-state index in [9.17, 15) is 15.0 Å². The summed E-state index contributed by atoms with van der Waals surface area (Å²) in [5.74, 6) is 0.189. The molecule has 0 bridgehead atoms. The number of carbonyl (C=O) groups is 1. The molecule has 1 aromatic carbocycles. The van der Waals surface area contributed by atoms with E-state index in [0.717, 1.165) is 37.8 Å². The molecule has 4 rings (SSSR count). The molecular weight excluding hydrogens is 354 g/mol. The van der Waals surface area contributed by atoms with E-state index in [-0.39, 0.29) is 35.1 Å². The maximum Gasteiger partial charge on any atom is 0.315 e. The van der Waals surface area contributed by atoms with Crippen molar-refractivity contribution in [2.24, 2.45) is 23.2 Å². The smallest absolute Gasteiger partial charge is 0.315 e. The van der Waals surface area contributed by atoms with Crippen molar-refractivity contribution in [1.82, 2.24) is 0 Å². The lowest BCUT2D eigenvalue weighted by molar-refractivity contribution is -0.659. The first-order chi connectivity index (χ1) is 13.4. The normalized spacial score (nSPS) is 37.0. The Bertz CT molecular complexity index is 758. The van der Waals surface area contributed by atoms with Crippen LogP contribution in [0.25, 0.3) is 0 Å². The SMILES string of the molecule is C[C@@H]1CCC=C2C[C@H]3OC(=O)[C@@H](C[NH2+]CCc4ccc(O)cc4)[C@H]3[C@H](O)[C@@]21C. The predicted molar refractivity (Wildman–Crippen MR) is 106 cm³/mol. The number of aromatic hydroxyl groups is 1. The number of phenolic OH excluding ortho intramolecular Hbond substituents is 1. The van der Waals surface area contributed by atoms with E-state index in [1.165, 1.54) is 5.57 Å². The molecule has 0 radical (unpaired) electrons. The van der Waals surface area contributed by atoms with Crippen LogP contribution in [0.4, 0.5) is 0 Å². The molecule has 0 amide bonds. The first kappa shape index (κ1) is 19.5. The summed E-state index contributed by atoms with van der Waals surface area (Å²) in [5, 5.41) is 22.9. The Hall–Kier alpha value is -1.85. The molecule has 1 aliphatic heterocycles. The summed E-state index contributed by atoms with van der Waals surface area (Å²) in [7, 11) is 0. The molecule has 2 fully saturated rings. The van der Waals surface area contributed by atoms with Gasteiger partial charge in [0, 0.05) is 24.2 Å². The average Bonchev–Trinajstić information content (AvgIpc) is 2.98. The van der Waals surface area contributed by atoms with Gasteiger partial charge in [0.25, 0.3) is 0 Å². The molecular formula is C23H32NO4+. The lowest BCUT2D eigenvalue weighted by atomic mass is 9.55. The van der Waals surface area contributed by atoms with Crippen molar-refractivity contribution in [2.45, 2.75) is 51.7 Å². The van der Waals surface area contributed by atoms with Gasteiger partial charge < -0.3 is 20.3 Å². The van der Waals surface area contributed by atoms with Crippen molar-refractivity contribution in [1.29, 1.82) is 0 Å². The van der Waals surface area contributed by atoms with E-state index in [4.69, 9.17) is 4.74 Å². The van der Waals surface area contributed by atoms with Gasteiger partial charge in [-0.1, -0.05) is 37.6 Å². The summed E-state index contributed by atoms with van der Waals surface area (Å²) in [4.78, 5) is 12.6. The van der Waals surface area contributed by atoms with Gasteiger partial charge in [-0.05, 0) is 36.5 Å². The maximum atomic E-state index is 12.6. The molecule has 5 heteroatoms. The molecule has 5 nitrogen and oxygen atoms in total. The van der Waals surface area contributed by atoms with Gasteiger partial charge in [0.05, 0.1) is 19.2 Å². The van der Waals surface area contributed by atoms with Gasteiger partial charge in [-0.2, -0.15) is 0 Å². The second kappa shape index (κ2) is 7.53. The van der Waals surface area contributed by atoms with Gasteiger partial charge in [-0.3, -0.25) is 4.79 Å². The molecule has 4 N–H and O–H groups in total. The quantitative estimate of drug-likeness (QED) is 0.409. The first-order valence-corrected chi connectivity index (χ1v) is 10.6. The van der Waals surface area contributed by atoms with Crippen LogP contribution in [0, 0.1) is 23.2 Å². The highest BCUT2D eigenvalue weighted by molar-refractivity contribution is 5.76. The van der Waals surface area contributed by atoms with E-state index in [1.54, 1.807) is 12.1 Å². The third kappa shape index (κ3) is 3.25. The third-order valence-corrected chi connectivity index (χ3v) is 7.56. The van der Waals surface area contributed by atoms with Crippen LogP contribution < -0.4 is 5.32 Å². The first-order valence-electron chi connectivity index (χ1n) is 10.6. The van der Waals surface area contributed by atoms with Crippen LogP contribution in [0.1, 0.15) is 38.7 Å². The van der Waals surface area contributed by atoms with E-state index >= 15 is 0 Å². The molecule has 1 heterocycles. The van der Waals surface area contributed by atoms with E-state index in [0.29, 0.717) is 12.5 Å². The Morgan fingerprint density at radius 2 is 2.04 bits per heavy atom. The van der Waals surface area contributed by atoms with Crippen LogP contribution >= 0.6 is 0 Å². The molecule has 1 aromatic rings. The topological polar surface area (TPSA) is 83.4 Å². The summed E-state index contributed by atoms with van der Waals surface area (Å²) in [6, 6.07) is 7.24. The molecule has 28 heavy (non-hydrogen) atoms. The molecule has 3 aliphatic rings. The fraction of sp³-hybridized carbons (Fsp3) is 0.609. The minimum atomic E-state index is -0.533. The summed E-state index contributed by atoms with van der Waals surface area (Å²) < 4.78 is 5.72. The number of aliphatic hydroxyl groups excluding tert-OH is 1. The van der Waals surface area contributed by atoms with E-state index < -0.39 is 6.10 Å². The molecule has 0 spiro atoms. The highest BCUT2D eigenvalue weighted by Gasteiger charge is 2.60. The number of quaternary nitrogens is 1. The largest absolute Gasteiger partial charge is 0.508 e. The second-order valence-electron chi connectivity index (χ2n) is 9.03. The number of esters is 1. The number of hydrogen-bond acceptors (Lipinski definition) is 4. The Balaban J connectivity index is 1.41. The standard InChI is InChI=1S/C23H31NO4/c1-14-4-3-5-16-12-19-20(21(26)23(14,16)2)18(22(27)28-19)13-24-11-10-15-6-8-17(25)9-7-15/h5-9,14,18-21,24-26H,3-4,10-13H2,1-2H3/p+1/t14-,18+,19-,20-,21+,23-/m1/s1. The fourth-order valence-corrected chi connectivity index (χ4v) is 5.56. The number of aliphatic hydroxyl groups is 1. The Morgan fingerprint density at radius 3 is 2.79 bits per heavy atom. The van der Waals surface area contributed by atoms with E-state index in [2.05, 4.69) is 25.2 Å². The molecule has 0 aromatic heterocycles. The van der Waals surface area contributed by atoms with Crippen LogP contribution in [0.15, 0.2) is 35.9 Å². The van der Waals surface area contributed by atoms with Gasteiger partial charge in [0.15, 0.2) is 0 Å². The minimum absolute atomic E-state index is 0.111. The Labute approximate surface area is 166 Å². The molecule has 1 saturated heterocycles. The van der Waals surface area contributed by atoms with Crippen LogP contribution in [0.5, 0.6) is 5.75 Å². The highest BCUT2D eigenvalue weighted by Crippen LogP contribution is 2.55. The number of ether oxygens (including phenoxy) is 1. The van der Waals surface area contributed by atoms with Crippen LogP contribution in [-0.2, 0) is 16.0 Å². The molecule has 1 saturated carbocycles. The second-order valence-corrected chi connectivity index (χ2v) is 9.03. The number of fused-ring (bicyclic) bond motifs is 2. The van der Waals surface area contributed by atoms with Crippen molar-refractivity contribution >= 4 is 5.97 Å². The van der Waals surface area contributed by atoms with Gasteiger partial charge >= 0.3 is 5.97 Å². The van der Waals surface area contributed by atoms with Crippen LogP contribution in [0.3, 0.4) is 0 Å². The Morgan fingerprint density at radius 1 is 1.29 bits per heavy atom. The molecule has 152 valence electrons. The van der Waals surface area contributed by atoms with Crippen molar-refractivity contribution in [3.8, 4) is 5.75 Å². The fourth-order valence-electron chi connectivity index (χ4n) is 5.56. The summed E-state index contributed by atoms with van der Waals surface area (Å²) >= 11 is 0. The highest BCUT2D eigenvalue weighted by atomic mass is 16.6. The Kier molecular flexibility index (Phi) is 5.23. The monoisotopic (exact) mass is 386 g/mol. The number of nitrogens with two attached hydrogens (primary N) is 1. The van der Waals surface area contributed by atoms with Crippen molar-refractivity contribution in [2.75, 3.05) is 13.1 Å². The van der Waals surface area contributed by atoms with Crippen LogP contribution in [0.2, 0.25) is 0 Å². The third-order valence-electron chi connectivity index (χ3n) is 7.56. The predicted octanol–water partition coefficient (Wildman–Crippen LogP) is 1.78. The summed E-state index contributed by atoms with van der Waals surface area (Å²) in [6.07, 6.45) is 5.35. The summed E-state index contributed by atoms with van der Waals surface area (Å²) in [6.45, 7) is 5.92. The number of rotatable bonds is 5. The zero-order valence-electron chi connectivity index (χ0n) is 16.8. The van der Waals surface area contributed by atoms with E-state index in [1.807, 2.05) is 12.1 Å². The van der Waals surface area contributed by atoms with Gasteiger partial charge in [-0.15, -0.1) is 0 Å². The lowest BCUT2D eigenvalue weighted by Crippen LogP contribution is -2.86. The van der Waals surface area contributed by atoms with Crippen molar-refractivity contribution in [3.63, 3.8) is 0 Å². The molecule has 6 atom stereocenters. The number of benzene rings is 1. The molecule has 0 unspecified atom stereocenters. The van der Waals surface area contributed by atoms with Gasteiger partial charge in [-0.25, -0.2) is 0 Å². The zero-order valence-corrected chi connectivity index (χ0v) is 16.8. The average molecular weight is 387 g/mol. The lowest BCUT2D eigenvalue weighted by Gasteiger charge is -2.51. The zero-order chi connectivity index (χ0) is 19.9. The number of allylic oxidation sites excluding steroid dienone is 1. The van der Waals surface area contributed by atoms with Crippen molar-refractivity contribution in [3.05, 3.63) is 41.5 Å².